The van der Waals surface area contributed by atoms with Gasteiger partial charge in [-0.15, -0.1) is 22.7 Å². The van der Waals surface area contributed by atoms with Crippen molar-refractivity contribution < 1.29 is 0 Å². The van der Waals surface area contributed by atoms with Gasteiger partial charge in [-0.2, -0.15) is 0 Å². The number of rotatable bonds is 3. The van der Waals surface area contributed by atoms with Crippen LogP contribution in [-0.4, -0.2) is 9.97 Å². The molecular formula is C8H9N3S2. The van der Waals surface area contributed by atoms with Crippen LogP contribution in [0.2, 0.25) is 0 Å². The molecule has 0 fully saturated rings. The van der Waals surface area contributed by atoms with Crippen molar-refractivity contribution in [2.75, 3.05) is 5.32 Å². The van der Waals surface area contributed by atoms with Crippen LogP contribution in [0.25, 0.3) is 0 Å². The van der Waals surface area contributed by atoms with E-state index in [-0.39, 0.29) is 0 Å². The highest BCUT2D eigenvalue weighted by molar-refractivity contribution is 7.15. The SMILES string of the molecule is Cc1cnc(NCc2cscn2)s1. The van der Waals surface area contributed by atoms with E-state index in [1.165, 1.54) is 4.88 Å². The molecule has 0 unspecified atom stereocenters. The lowest BCUT2D eigenvalue weighted by molar-refractivity contribution is 1.07. The summed E-state index contributed by atoms with van der Waals surface area (Å²) < 4.78 is 0. The molecule has 2 rings (SSSR count). The normalized spacial score (nSPS) is 10.2. The van der Waals surface area contributed by atoms with Gasteiger partial charge in [0.2, 0.25) is 0 Å². The van der Waals surface area contributed by atoms with E-state index in [1.54, 1.807) is 22.7 Å². The molecule has 0 atom stereocenters. The molecule has 3 nitrogen and oxygen atoms in total. The lowest BCUT2D eigenvalue weighted by Gasteiger charge is -1.97. The lowest BCUT2D eigenvalue weighted by atomic mass is 10.5. The van der Waals surface area contributed by atoms with Crippen LogP contribution in [0.15, 0.2) is 17.1 Å². The van der Waals surface area contributed by atoms with E-state index in [9.17, 15) is 0 Å². The van der Waals surface area contributed by atoms with E-state index in [2.05, 4.69) is 15.3 Å². The molecule has 0 aliphatic rings. The number of aromatic nitrogens is 2. The van der Waals surface area contributed by atoms with E-state index in [4.69, 9.17) is 0 Å². The topological polar surface area (TPSA) is 37.8 Å². The third-order valence-electron chi connectivity index (χ3n) is 1.53. The molecule has 0 amide bonds. The maximum Gasteiger partial charge on any atom is 0.183 e. The summed E-state index contributed by atoms with van der Waals surface area (Å²) in [7, 11) is 0. The molecule has 0 radical (unpaired) electrons. The summed E-state index contributed by atoms with van der Waals surface area (Å²) >= 11 is 3.27. The van der Waals surface area contributed by atoms with Gasteiger partial charge in [-0.1, -0.05) is 0 Å². The molecule has 5 heteroatoms. The van der Waals surface area contributed by atoms with Gasteiger partial charge >= 0.3 is 0 Å². The Labute approximate surface area is 84.5 Å². The molecular weight excluding hydrogens is 202 g/mol. The smallest absolute Gasteiger partial charge is 0.183 e. The Kier molecular flexibility index (Phi) is 2.56. The predicted molar refractivity (Wildman–Crippen MR) is 56.3 cm³/mol. The Morgan fingerprint density at radius 1 is 1.46 bits per heavy atom. The van der Waals surface area contributed by atoms with Crippen LogP contribution in [0.5, 0.6) is 0 Å². The van der Waals surface area contributed by atoms with Gasteiger partial charge in [-0.05, 0) is 6.92 Å². The largest absolute Gasteiger partial charge is 0.356 e. The molecule has 0 saturated heterocycles. The van der Waals surface area contributed by atoms with Crippen molar-refractivity contribution in [1.82, 2.24) is 9.97 Å². The molecule has 0 saturated carbocycles. The molecule has 68 valence electrons. The maximum atomic E-state index is 4.20. The summed E-state index contributed by atoms with van der Waals surface area (Å²) in [6.45, 7) is 2.81. The minimum atomic E-state index is 0.760. The minimum Gasteiger partial charge on any atom is -0.356 e. The van der Waals surface area contributed by atoms with Crippen molar-refractivity contribution in [3.63, 3.8) is 0 Å². The first-order valence-corrected chi connectivity index (χ1v) is 5.64. The average Bonchev–Trinajstić information content (AvgIpc) is 2.71. The van der Waals surface area contributed by atoms with Crippen LogP contribution in [0, 0.1) is 6.92 Å². The van der Waals surface area contributed by atoms with Crippen LogP contribution in [0.4, 0.5) is 5.13 Å². The van der Waals surface area contributed by atoms with E-state index >= 15 is 0 Å². The van der Waals surface area contributed by atoms with Crippen molar-refractivity contribution in [3.8, 4) is 0 Å². The molecule has 13 heavy (non-hydrogen) atoms. The average molecular weight is 211 g/mol. The van der Waals surface area contributed by atoms with Gasteiger partial charge in [0.25, 0.3) is 0 Å². The van der Waals surface area contributed by atoms with Gasteiger partial charge in [0.15, 0.2) is 5.13 Å². The van der Waals surface area contributed by atoms with Crippen LogP contribution >= 0.6 is 22.7 Å². The second-order valence-corrected chi connectivity index (χ2v) is 4.56. The fraction of sp³-hybridized carbons (Fsp3) is 0.250. The molecule has 1 N–H and O–H groups in total. The fourth-order valence-corrected chi connectivity index (χ4v) is 2.15. The number of aryl methyl sites for hydroxylation is 1. The molecule has 0 bridgehead atoms. The Morgan fingerprint density at radius 2 is 2.38 bits per heavy atom. The molecule has 0 aromatic carbocycles. The van der Waals surface area contributed by atoms with Crippen molar-refractivity contribution in [2.45, 2.75) is 13.5 Å². The van der Waals surface area contributed by atoms with Crippen molar-refractivity contribution in [2.24, 2.45) is 0 Å². The number of anilines is 1. The Balaban J connectivity index is 1.93. The number of nitrogens with one attached hydrogen (secondary N) is 1. The van der Waals surface area contributed by atoms with Gasteiger partial charge in [0.1, 0.15) is 0 Å². The first kappa shape index (κ1) is 8.65. The first-order chi connectivity index (χ1) is 6.34. The van der Waals surface area contributed by atoms with E-state index in [0.29, 0.717) is 0 Å². The number of hydrogen-bond donors (Lipinski definition) is 1. The van der Waals surface area contributed by atoms with E-state index in [0.717, 1.165) is 17.4 Å². The van der Waals surface area contributed by atoms with Crippen molar-refractivity contribution in [3.05, 3.63) is 27.7 Å². The highest BCUT2D eigenvalue weighted by Crippen LogP contribution is 2.17. The van der Waals surface area contributed by atoms with E-state index in [1.807, 2.05) is 24.0 Å². The Bertz CT molecular complexity index is 366. The molecule has 0 aliphatic heterocycles. The first-order valence-electron chi connectivity index (χ1n) is 3.88. The Morgan fingerprint density at radius 3 is 3.00 bits per heavy atom. The summed E-state index contributed by atoms with van der Waals surface area (Å²) in [6.07, 6.45) is 1.87. The highest BCUT2D eigenvalue weighted by atomic mass is 32.1. The minimum absolute atomic E-state index is 0.760. The van der Waals surface area contributed by atoms with Crippen molar-refractivity contribution >= 4 is 27.8 Å². The Hall–Kier alpha value is -0.940. The zero-order valence-corrected chi connectivity index (χ0v) is 8.78. The van der Waals surface area contributed by atoms with Crippen LogP contribution in [0.1, 0.15) is 10.6 Å². The van der Waals surface area contributed by atoms with Gasteiger partial charge in [0, 0.05) is 16.5 Å². The summed E-state index contributed by atoms with van der Waals surface area (Å²) in [5.74, 6) is 0. The standard InChI is InChI=1S/C8H9N3S2/c1-6-2-9-8(13-6)10-3-7-4-12-5-11-7/h2,4-5H,3H2,1H3,(H,9,10). The van der Waals surface area contributed by atoms with Crippen LogP contribution < -0.4 is 5.32 Å². The zero-order valence-electron chi connectivity index (χ0n) is 7.15. The number of thiazole rings is 2. The summed E-state index contributed by atoms with van der Waals surface area (Å²) in [5.41, 5.74) is 2.90. The lowest BCUT2D eigenvalue weighted by Crippen LogP contribution is -1.98. The number of hydrogen-bond acceptors (Lipinski definition) is 5. The monoisotopic (exact) mass is 211 g/mol. The predicted octanol–water partition coefficient (Wildman–Crippen LogP) is 2.52. The summed E-state index contributed by atoms with van der Waals surface area (Å²) in [5, 5.41) is 6.22. The third-order valence-corrected chi connectivity index (χ3v) is 3.03. The molecule has 0 aliphatic carbocycles. The van der Waals surface area contributed by atoms with Gasteiger partial charge in [0.05, 0.1) is 17.7 Å². The second-order valence-electron chi connectivity index (χ2n) is 2.61. The van der Waals surface area contributed by atoms with Crippen LogP contribution in [-0.2, 0) is 6.54 Å². The van der Waals surface area contributed by atoms with Crippen molar-refractivity contribution in [1.29, 1.82) is 0 Å². The molecule has 2 heterocycles. The molecule has 2 aromatic heterocycles. The van der Waals surface area contributed by atoms with E-state index < -0.39 is 0 Å². The highest BCUT2D eigenvalue weighted by Gasteiger charge is 1.98. The molecule has 0 spiro atoms. The molecule has 2 aromatic rings. The zero-order chi connectivity index (χ0) is 9.10. The summed E-state index contributed by atoms with van der Waals surface area (Å²) in [4.78, 5) is 9.59. The summed E-state index contributed by atoms with van der Waals surface area (Å²) in [6, 6.07) is 0. The fourth-order valence-electron chi connectivity index (χ4n) is 0.927. The van der Waals surface area contributed by atoms with Gasteiger partial charge in [-0.3, -0.25) is 0 Å². The van der Waals surface area contributed by atoms with Gasteiger partial charge in [-0.25, -0.2) is 9.97 Å². The second kappa shape index (κ2) is 3.85. The van der Waals surface area contributed by atoms with Gasteiger partial charge < -0.3 is 5.32 Å². The number of nitrogens with zero attached hydrogens (tertiary/aromatic N) is 2. The quantitative estimate of drug-likeness (QED) is 0.847. The third kappa shape index (κ3) is 2.26. The van der Waals surface area contributed by atoms with Crippen LogP contribution in [0.3, 0.4) is 0 Å². The maximum absolute atomic E-state index is 4.20.